The van der Waals surface area contributed by atoms with Gasteiger partial charge in [-0.3, -0.25) is 9.59 Å². The van der Waals surface area contributed by atoms with Crippen LogP contribution in [0.1, 0.15) is 66.2 Å². The molecule has 2 atom stereocenters. The lowest BCUT2D eigenvalue weighted by Gasteiger charge is -2.18. The summed E-state index contributed by atoms with van der Waals surface area (Å²) in [6, 6.07) is 0. The second kappa shape index (κ2) is 11.6. The second-order valence-corrected chi connectivity index (χ2v) is 7.35. The van der Waals surface area contributed by atoms with Gasteiger partial charge in [0.05, 0.1) is 0 Å². The number of ether oxygens (including phenoxy) is 1. The highest BCUT2D eigenvalue weighted by Crippen LogP contribution is 2.37. The van der Waals surface area contributed by atoms with Crippen LogP contribution >= 0.6 is 0 Å². The molecule has 0 aromatic rings. The van der Waals surface area contributed by atoms with Crippen LogP contribution in [0.4, 0.5) is 0 Å². The zero-order chi connectivity index (χ0) is 19.5. The number of hydrogen-bond acceptors (Lipinski definition) is 4. The zero-order valence-corrected chi connectivity index (χ0v) is 16.5. The van der Waals surface area contributed by atoms with Crippen LogP contribution in [0.15, 0.2) is 34.4 Å². The number of carbonyl (C=O) groups is 3. The summed E-state index contributed by atoms with van der Waals surface area (Å²) in [6.45, 7) is 7.84. The smallest absolute Gasteiger partial charge is 0.302 e. The molecule has 4 nitrogen and oxygen atoms in total. The van der Waals surface area contributed by atoms with Gasteiger partial charge in [-0.1, -0.05) is 23.3 Å². The average molecular weight is 360 g/mol. The van der Waals surface area contributed by atoms with Crippen molar-refractivity contribution in [2.75, 3.05) is 6.61 Å². The van der Waals surface area contributed by atoms with E-state index in [1.165, 1.54) is 18.1 Å². The molecule has 4 heteroatoms. The quantitative estimate of drug-likeness (QED) is 0.303. The maximum absolute atomic E-state index is 11.6. The summed E-state index contributed by atoms with van der Waals surface area (Å²) < 4.78 is 5.03. The van der Waals surface area contributed by atoms with Crippen molar-refractivity contribution < 1.29 is 19.1 Å². The number of allylic oxidation sites excluding steroid dienone is 5. The molecule has 1 rings (SSSR count). The van der Waals surface area contributed by atoms with Crippen molar-refractivity contribution in [2.45, 2.75) is 66.2 Å². The fourth-order valence-corrected chi connectivity index (χ4v) is 3.43. The summed E-state index contributed by atoms with van der Waals surface area (Å²) in [5, 5.41) is 0. The average Bonchev–Trinajstić information content (AvgIpc) is 2.99. The molecule has 0 bridgehead atoms. The summed E-state index contributed by atoms with van der Waals surface area (Å²) >= 11 is 0. The topological polar surface area (TPSA) is 60.4 Å². The molecule has 26 heavy (non-hydrogen) atoms. The molecule has 0 fully saturated rings. The predicted octanol–water partition coefficient (Wildman–Crippen LogP) is 4.74. The van der Waals surface area contributed by atoms with Crippen molar-refractivity contribution in [1.82, 2.24) is 0 Å². The first-order chi connectivity index (χ1) is 12.4. The Hall–Kier alpha value is -1.97. The SMILES string of the molecule is CC(=O)OCC1=C(C=O)[C@@H]([C@@H](C=O)CC/C=C(\C)CCC=C(C)C)CC1. The van der Waals surface area contributed by atoms with Crippen molar-refractivity contribution >= 4 is 18.5 Å². The predicted molar refractivity (Wildman–Crippen MR) is 104 cm³/mol. The van der Waals surface area contributed by atoms with Gasteiger partial charge >= 0.3 is 5.97 Å². The van der Waals surface area contributed by atoms with E-state index in [0.29, 0.717) is 12.0 Å². The van der Waals surface area contributed by atoms with Crippen LogP contribution in [0.25, 0.3) is 0 Å². The van der Waals surface area contributed by atoms with Crippen LogP contribution in [0.3, 0.4) is 0 Å². The molecule has 0 aromatic heterocycles. The molecule has 0 amide bonds. The van der Waals surface area contributed by atoms with Crippen LogP contribution in [0.2, 0.25) is 0 Å². The molecular formula is C22H32O4. The molecule has 144 valence electrons. The van der Waals surface area contributed by atoms with Crippen LogP contribution < -0.4 is 0 Å². The van der Waals surface area contributed by atoms with E-state index in [9.17, 15) is 14.4 Å². The maximum atomic E-state index is 11.6. The molecular weight excluding hydrogens is 328 g/mol. The highest BCUT2D eigenvalue weighted by molar-refractivity contribution is 5.78. The van der Waals surface area contributed by atoms with Gasteiger partial charge in [0.1, 0.15) is 19.2 Å². The van der Waals surface area contributed by atoms with Crippen molar-refractivity contribution in [3.63, 3.8) is 0 Å². The minimum Gasteiger partial charge on any atom is -0.461 e. The zero-order valence-electron chi connectivity index (χ0n) is 16.5. The Morgan fingerprint density at radius 1 is 1.15 bits per heavy atom. The van der Waals surface area contributed by atoms with Crippen molar-refractivity contribution in [2.24, 2.45) is 11.8 Å². The number of aldehydes is 2. The fraction of sp³-hybridized carbons (Fsp3) is 0.591. The number of hydrogen-bond donors (Lipinski definition) is 0. The van der Waals surface area contributed by atoms with Crippen LogP contribution in [0, 0.1) is 11.8 Å². The Balaban J connectivity index is 2.62. The van der Waals surface area contributed by atoms with E-state index in [-0.39, 0.29) is 24.4 Å². The van der Waals surface area contributed by atoms with Crippen molar-refractivity contribution in [3.8, 4) is 0 Å². The van der Waals surface area contributed by atoms with Gasteiger partial charge in [0, 0.05) is 12.8 Å². The first-order valence-electron chi connectivity index (χ1n) is 9.43. The lowest BCUT2D eigenvalue weighted by atomic mass is 9.84. The molecule has 1 aliphatic carbocycles. The van der Waals surface area contributed by atoms with E-state index in [4.69, 9.17) is 4.74 Å². The molecule has 0 saturated heterocycles. The summed E-state index contributed by atoms with van der Waals surface area (Å²) in [6.07, 6.45) is 11.4. The van der Waals surface area contributed by atoms with Gasteiger partial charge in [0.15, 0.2) is 0 Å². The fourth-order valence-electron chi connectivity index (χ4n) is 3.43. The number of esters is 1. The van der Waals surface area contributed by atoms with Crippen LogP contribution in [-0.4, -0.2) is 25.1 Å². The van der Waals surface area contributed by atoms with Gasteiger partial charge < -0.3 is 9.53 Å². The van der Waals surface area contributed by atoms with E-state index in [1.54, 1.807) is 0 Å². The summed E-state index contributed by atoms with van der Waals surface area (Å²) in [4.78, 5) is 34.1. The minimum absolute atomic E-state index is 0.0464. The Kier molecular flexibility index (Phi) is 9.85. The Morgan fingerprint density at radius 3 is 2.46 bits per heavy atom. The van der Waals surface area contributed by atoms with Gasteiger partial charge in [-0.2, -0.15) is 0 Å². The molecule has 0 unspecified atom stereocenters. The third kappa shape index (κ3) is 7.51. The summed E-state index contributed by atoms with van der Waals surface area (Å²) in [5.74, 6) is -0.561. The van der Waals surface area contributed by atoms with Gasteiger partial charge in [-0.05, 0) is 76.4 Å². The van der Waals surface area contributed by atoms with Crippen LogP contribution in [-0.2, 0) is 19.1 Å². The highest BCUT2D eigenvalue weighted by atomic mass is 16.5. The van der Waals surface area contributed by atoms with Gasteiger partial charge in [0.2, 0.25) is 0 Å². The first kappa shape index (κ1) is 22.1. The molecule has 0 radical (unpaired) electrons. The second-order valence-electron chi connectivity index (χ2n) is 7.35. The van der Waals surface area contributed by atoms with E-state index >= 15 is 0 Å². The third-order valence-electron chi connectivity index (χ3n) is 4.92. The molecule has 0 aromatic carbocycles. The lowest BCUT2D eigenvalue weighted by molar-refractivity contribution is -0.140. The molecule has 0 heterocycles. The summed E-state index contributed by atoms with van der Waals surface area (Å²) in [7, 11) is 0. The lowest BCUT2D eigenvalue weighted by Crippen LogP contribution is -2.17. The number of rotatable bonds is 11. The van der Waals surface area contributed by atoms with Crippen molar-refractivity contribution in [3.05, 3.63) is 34.4 Å². The molecule has 0 saturated carbocycles. The molecule has 0 aliphatic heterocycles. The van der Waals surface area contributed by atoms with Gasteiger partial charge in [0.25, 0.3) is 0 Å². The molecule has 0 N–H and O–H groups in total. The maximum Gasteiger partial charge on any atom is 0.302 e. The highest BCUT2D eigenvalue weighted by Gasteiger charge is 2.31. The van der Waals surface area contributed by atoms with E-state index in [2.05, 4.69) is 32.9 Å². The standard InChI is InChI=1S/C22H32O4/c1-16(2)7-5-8-17(3)9-6-10-19(13-23)21-12-11-20(22(21)14-24)15-26-18(4)25/h7,9,13-14,19,21H,5-6,8,10-12,15H2,1-4H3/b17-9+/t19-,21-/m1/s1. The third-order valence-corrected chi connectivity index (χ3v) is 4.92. The first-order valence-corrected chi connectivity index (χ1v) is 9.43. The minimum atomic E-state index is -0.355. The van der Waals surface area contributed by atoms with E-state index in [0.717, 1.165) is 50.2 Å². The van der Waals surface area contributed by atoms with Gasteiger partial charge in [-0.15, -0.1) is 0 Å². The Bertz CT molecular complexity index is 591. The summed E-state index contributed by atoms with van der Waals surface area (Å²) in [5.41, 5.74) is 4.19. The largest absolute Gasteiger partial charge is 0.461 e. The molecule has 1 aliphatic rings. The van der Waals surface area contributed by atoms with E-state index in [1.807, 2.05) is 0 Å². The monoisotopic (exact) mass is 360 g/mol. The van der Waals surface area contributed by atoms with Crippen LogP contribution in [0.5, 0.6) is 0 Å². The van der Waals surface area contributed by atoms with Gasteiger partial charge in [-0.25, -0.2) is 0 Å². The van der Waals surface area contributed by atoms with E-state index < -0.39 is 0 Å². The van der Waals surface area contributed by atoms with Crippen molar-refractivity contribution in [1.29, 1.82) is 0 Å². The normalized spacial score (nSPS) is 18.5. The Labute approximate surface area is 157 Å². The molecule has 0 spiro atoms. The number of carbonyl (C=O) groups excluding carboxylic acids is 3. The Morgan fingerprint density at radius 2 is 1.88 bits per heavy atom.